The summed E-state index contributed by atoms with van der Waals surface area (Å²) in [6, 6.07) is 13.7. The zero-order valence-electron chi connectivity index (χ0n) is 16.3. The van der Waals surface area contributed by atoms with Crippen LogP contribution in [0.1, 0.15) is 53.0 Å². The van der Waals surface area contributed by atoms with Crippen molar-refractivity contribution < 1.29 is 19.3 Å². The number of fused-ring (bicyclic) bond motifs is 2. The van der Waals surface area contributed by atoms with E-state index in [4.69, 9.17) is 14.5 Å². The van der Waals surface area contributed by atoms with Gasteiger partial charge in [-0.05, 0) is 49.4 Å². The molecule has 2 aromatic carbocycles. The minimum Gasteiger partial charge on any atom is -0.459 e. The van der Waals surface area contributed by atoms with Gasteiger partial charge in [0.2, 0.25) is 0 Å². The molecule has 1 aliphatic rings. The Labute approximate surface area is 155 Å². The van der Waals surface area contributed by atoms with E-state index in [9.17, 15) is 4.79 Å². The maximum absolute atomic E-state index is 12.8. The molecule has 4 heteroatoms. The van der Waals surface area contributed by atoms with Crippen molar-refractivity contribution in [3.05, 3.63) is 48.0 Å². The Bertz CT molecular complexity index is 808. The first kappa shape index (κ1) is 18.3. The van der Waals surface area contributed by atoms with E-state index in [1.165, 1.54) is 0 Å². The average molecular weight is 354 g/mol. The standard InChI is InChI=1S/C22H26O4/c1-21(2,3)19(20(23)24-22(4,5)6)15-9-7-14(8-10-15)17-12-11-16-13-18(17)26-25-16/h7-13,19H,1-6H3. The van der Waals surface area contributed by atoms with Crippen molar-refractivity contribution in [3.63, 3.8) is 0 Å². The van der Waals surface area contributed by atoms with Crippen molar-refractivity contribution in [1.29, 1.82) is 0 Å². The van der Waals surface area contributed by atoms with Crippen molar-refractivity contribution in [3.8, 4) is 22.6 Å². The second-order valence-electron chi connectivity index (χ2n) is 8.78. The van der Waals surface area contributed by atoms with Crippen LogP contribution in [0.3, 0.4) is 0 Å². The number of esters is 1. The van der Waals surface area contributed by atoms with Crippen LogP contribution < -0.4 is 9.78 Å². The molecule has 1 heterocycles. The van der Waals surface area contributed by atoms with Crippen LogP contribution in [-0.2, 0) is 9.53 Å². The highest BCUT2D eigenvalue weighted by molar-refractivity contribution is 5.80. The number of carbonyl (C=O) groups is 1. The van der Waals surface area contributed by atoms with E-state index in [-0.39, 0.29) is 17.3 Å². The van der Waals surface area contributed by atoms with Crippen molar-refractivity contribution in [2.24, 2.45) is 5.41 Å². The maximum atomic E-state index is 12.8. The van der Waals surface area contributed by atoms with Crippen LogP contribution in [0.25, 0.3) is 11.1 Å². The number of hydrogen-bond donors (Lipinski definition) is 0. The first-order valence-corrected chi connectivity index (χ1v) is 8.86. The number of carbonyl (C=O) groups excluding carboxylic acids is 1. The number of benzene rings is 2. The van der Waals surface area contributed by atoms with Gasteiger partial charge in [0.25, 0.3) is 0 Å². The molecule has 0 N–H and O–H groups in total. The topological polar surface area (TPSA) is 44.8 Å². The van der Waals surface area contributed by atoms with E-state index in [0.29, 0.717) is 11.5 Å². The summed E-state index contributed by atoms with van der Waals surface area (Å²) in [5, 5.41) is 0. The summed E-state index contributed by atoms with van der Waals surface area (Å²) in [5.74, 6) is 0.873. The second kappa shape index (κ2) is 6.35. The predicted molar refractivity (Wildman–Crippen MR) is 101 cm³/mol. The Morgan fingerprint density at radius 1 is 0.923 bits per heavy atom. The van der Waals surface area contributed by atoms with Crippen LogP contribution >= 0.6 is 0 Å². The number of hydrogen-bond acceptors (Lipinski definition) is 4. The van der Waals surface area contributed by atoms with E-state index >= 15 is 0 Å². The molecule has 2 aromatic rings. The van der Waals surface area contributed by atoms with E-state index in [2.05, 4.69) is 20.8 Å². The van der Waals surface area contributed by atoms with Gasteiger partial charge in [0.05, 0.1) is 5.92 Å². The van der Waals surface area contributed by atoms with Gasteiger partial charge in [-0.15, -0.1) is 0 Å². The Hall–Kier alpha value is -2.49. The largest absolute Gasteiger partial charge is 0.459 e. The summed E-state index contributed by atoms with van der Waals surface area (Å²) in [7, 11) is 0. The van der Waals surface area contributed by atoms with Crippen LogP contribution in [-0.4, -0.2) is 11.6 Å². The van der Waals surface area contributed by atoms with Crippen molar-refractivity contribution in [2.75, 3.05) is 0 Å². The van der Waals surface area contributed by atoms with E-state index < -0.39 is 5.60 Å². The van der Waals surface area contributed by atoms with Crippen LogP contribution in [0, 0.1) is 5.41 Å². The Balaban J connectivity index is 1.90. The van der Waals surface area contributed by atoms with Gasteiger partial charge in [0.1, 0.15) is 5.60 Å². The van der Waals surface area contributed by atoms with Gasteiger partial charge in [-0.1, -0.05) is 45.0 Å². The molecule has 1 atom stereocenters. The van der Waals surface area contributed by atoms with Crippen molar-refractivity contribution in [2.45, 2.75) is 53.1 Å². The smallest absolute Gasteiger partial charge is 0.314 e. The molecule has 1 unspecified atom stereocenters. The van der Waals surface area contributed by atoms with Gasteiger partial charge in [-0.3, -0.25) is 14.6 Å². The first-order valence-electron chi connectivity index (χ1n) is 8.86. The lowest BCUT2D eigenvalue weighted by Gasteiger charge is -2.32. The molecule has 0 fully saturated rings. The number of rotatable bonds is 3. The van der Waals surface area contributed by atoms with E-state index in [1.54, 1.807) is 0 Å². The molecule has 0 aromatic heterocycles. The summed E-state index contributed by atoms with van der Waals surface area (Å²) >= 11 is 0. The molecule has 26 heavy (non-hydrogen) atoms. The molecule has 0 saturated carbocycles. The summed E-state index contributed by atoms with van der Waals surface area (Å²) in [4.78, 5) is 23.1. The average Bonchev–Trinajstić information content (AvgIpc) is 2.87. The molecule has 1 aliphatic heterocycles. The Kier molecular flexibility index (Phi) is 4.47. The third-order valence-corrected chi connectivity index (χ3v) is 4.24. The second-order valence-corrected chi connectivity index (χ2v) is 8.78. The van der Waals surface area contributed by atoms with Crippen molar-refractivity contribution >= 4 is 5.97 Å². The molecule has 4 nitrogen and oxygen atoms in total. The van der Waals surface area contributed by atoms with Crippen LogP contribution in [0.5, 0.6) is 11.5 Å². The third-order valence-electron chi connectivity index (χ3n) is 4.24. The predicted octanol–water partition coefficient (Wildman–Crippen LogP) is 5.51. The molecule has 0 aliphatic carbocycles. The lowest BCUT2D eigenvalue weighted by molar-refractivity contribution is -0.159. The monoisotopic (exact) mass is 354 g/mol. The summed E-state index contributed by atoms with van der Waals surface area (Å²) in [6.45, 7) is 11.8. The van der Waals surface area contributed by atoms with Gasteiger partial charge < -0.3 is 4.74 Å². The maximum Gasteiger partial charge on any atom is 0.314 e. The Morgan fingerprint density at radius 3 is 2.15 bits per heavy atom. The SMILES string of the molecule is CC(C)(C)OC(=O)C(c1ccc(-c2ccc3cc2OO3)cc1)C(C)(C)C. The zero-order valence-corrected chi connectivity index (χ0v) is 16.3. The minimum atomic E-state index is -0.510. The summed E-state index contributed by atoms with van der Waals surface area (Å²) in [6.07, 6.45) is 0. The fourth-order valence-electron chi connectivity index (χ4n) is 3.16. The quantitative estimate of drug-likeness (QED) is 0.538. The summed E-state index contributed by atoms with van der Waals surface area (Å²) < 4.78 is 5.66. The zero-order chi connectivity index (χ0) is 19.1. The molecule has 0 spiro atoms. The highest BCUT2D eigenvalue weighted by Crippen LogP contribution is 2.40. The van der Waals surface area contributed by atoms with Gasteiger partial charge in [-0.25, -0.2) is 0 Å². The van der Waals surface area contributed by atoms with E-state index in [0.717, 1.165) is 16.7 Å². The number of ether oxygens (including phenoxy) is 1. The van der Waals surface area contributed by atoms with Crippen LogP contribution in [0.2, 0.25) is 0 Å². The van der Waals surface area contributed by atoms with Gasteiger partial charge in [-0.2, -0.15) is 0 Å². The van der Waals surface area contributed by atoms with Crippen LogP contribution in [0.15, 0.2) is 42.5 Å². The minimum absolute atomic E-state index is 0.197. The molecule has 0 saturated heterocycles. The van der Waals surface area contributed by atoms with Crippen molar-refractivity contribution in [1.82, 2.24) is 0 Å². The molecule has 2 bridgehead atoms. The Morgan fingerprint density at radius 2 is 1.58 bits per heavy atom. The molecule has 3 rings (SSSR count). The van der Waals surface area contributed by atoms with Gasteiger partial charge >= 0.3 is 5.97 Å². The molecular formula is C22H26O4. The lowest BCUT2D eigenvalue weighted by Crippen LogP contribution is -2.33. The lowest BCUT2D eigenvalue weighted by atomic mass is 9.76. The van der Waals surface area contributed by atoms with E-state index in [1.807, 2.05) is 63.2 Å². The molecule has 138 valence electrons. The fraction of sp³-hybridized carbons (Fsp3) is 0.409. The third kappa shape index (κ3) is 3.85. The normalized spacial score (nSPS) is 14.4. The first-order chi connectivity index (χ1) is 12.0. The summed E-state index contributed by atoms with van der Waals surface area (Å²) in [5.41, 5.74) is 2.15. The molecule has 0 radical (unpaired) electrons. The van der Waals surface area contributed by atoms with Gasteiger partial charge in [0, 0.05) is 11.6 Å². The van der Waals surface area contributed by atoms with Gasteiger partial charge in [0.15, 0.2) is 11.5 Å². The highest BCUT2D eigenvalue weighted by Gasteiger charge is 2.36. The molecule has 0 amide bonds. The molecular weight excluding hydrogens is 328 g/mol. The fourth-order valence-corrected chi connectivity index (χ4v) is 3.16. The van der Waals surface area contributed by atoms with Crippen LogP contribution in [0.4, 0.5) is 0 Å². The highest BCUT2D eigenvalue weighted by atomic mass is 17.2.